The highest BCUT2D eigenvalue weighted by Crippen LogP contribution is 2.34. The fourth-order valence-corrected chi connectivity index (χ4v) is 3.76. The van der Waals surface area contributed by atoms with Crippen molar-refractivity contribution < 1.29 is 0 Å². The predicted molar refractivity (Wildman–Crippen MR) is 111 cm³/mol. The first-order chi connectivity index (χ1) is 12.6. The number of nitrogens with two attached hydrogens (primary N) is 1. The number of aryl methyl sites for hydroxylation is 2. The summed E-state index contributed by atoms with van der Waals surface area (Å²) in [5.74, 6) is 0.974. The average Bonchev–Trinajstić information content (AvgIpc) is 3.07. The van der Waals surface area contributed by atoms with Crippen molar-refractivity contribution in [2.24, 2.45) is 10.7 Å². The molecule has 3 nitrogen and oxygen atoms in total. The average molecular weight is 343 g/mol. The number of hydrogen-bond acceptors (Lipinski definition) is 1. The van der Waals surface area contributed by atoms with E-state index in [9.17, 15) is 0 Å². The van der Waals surface area contributed by atoms with E-state index in [0.29, 0.717) is 18.4 Å². The zero-order valence-corrected chi connectivity index (χ0v) is 15.4. The Hall–Kier alpha value is -2.81. The van der Waals surface area contributed by atoms with Gasteiger partial charge in [-0.1, -0.05) is 62.4 Å². The third-order valence-corrected chi connectivity index (χ3v) is 5.19. The van der Waals surface area contributed by atoms with Crippen molar-refractivity contribution in [2.75, 3.05) is 5.32 Å². The van der Waals surface area contributed by atoms with Gasteiger partial charge in [0.1, 0.15) is 0 Å². The van der Waals surface area contributed by atoms with Crippen molar-refractivity contribution in [3.8, 4) is 0 Å². The first kappa shape index (κ1) is 16.6. The number of guanidine groups is 1. The topological polar surface area (TPSA) is 50.4 Å². The van der Waals surface area contributed by atoms with Crippen LogP contribution < -0.4 is 11.1 Å². The summed E-state index contributed by atoms with van der Waals surface area (Å²) in [6.45, 7) is 4.99. The highest BCUT2D eigenvalue weighted by molar-refractivity contribution is 6.05. The van der Waals surface area contributed by atoms with Gasteiger partial charge in [0.15, 0.2) is 5.96 Å². The lowest BCUT2D eigenvalue weighted by molar-refractivity contribution is 0.861. The van der Waals surface area contributed by atoms with E-state index in [0.717, 1.165) is 18.5 Å². The van der Waals surface area contributed by atoms with Crippen LogP contribution in [0.5, 0.6) is 0 Å². The molecule has 0 aliphatic heterocycles. The molecule has 0 saturated carbocycles. The van der Waals surface area contributed by atoms with E-state index >= 15 is 0 Å². The number of nitrogens with zero attached hydrogens (tertiary/aromatic N) is 1. The van der Waals surface area contributed by atoms with Gasteiger partial charge in [-0.3, -0.25) is 0 Å². The Morgan fingerprint density at radius 3 is 2.62 bits per heavy atom. The van der Waals surface area contributed by atoms with E-state index in [-0.39, 0.29) is 0 Å². The second-order valence-electron chi connectivity index (χ2n) is 7.34. The molecule has 3 heteroatoms. The lowest BCUT2D eigenvalue weighted by Crippen LogP contribution is -2.22. The molecule has 26 heavy (non-hydrogen) atoms. The monoisotopic (exact) mass is 343 g/mol. The maximum Gasteiger partial charge on any atom is 0.193 e. The van der Waals surface area contributed by atoms with Gasteiger partial charge in [0.25, 0.3) is 0 Å². The molecule has 0 atom stereocenters. The van der Waals surface area contributed by atoms with Crippen molar-refractivity contribution >= 4 is 22.4 Å². The third kappa shape index (κ3) is 3.17. The predicted octanol–water partition coefficient (Wildman–Crippen LogP) is 4.99. The normalized spacial score (nSPS) is 13.6. The van der Waals surface area contributed by atoms with Crippen molar-refractivity contribution in [3.63, 3.8) is 0 Å². The van der Waals surface area contributed by atoms with Gasteiger partial charge in [-0.05, 0) is 52.5 Å². The third-order valence-electron chi connectivity index (χ3n) is 5.19. The summed E-state index contributed by atoms with van der Waals surface area (Å²) in [7, 11) is 0. The van der Waals surface area contributed by atoms with Gasteiger partial charge in [-0.15, -0.1) is 0 Å². The van der Waals surface area contributed by atoms with Gasteiger partial charge in [0.05, 0.1) is 6.54 Å². The van der Waals surface area contributed by atoms with Gasteiger partial charge in [-0.25, -0.2) is 4.99 Å². The molecular formula is C23H25N3. The lowest BCUT2D eigenvalue weighted by atomic mass is 10.0. The first-order valence-electron chi connectivity index (χ1n) is 9.31. The van der Waals surface area contributed by atoms with Crippen molar-refractivity contribution in [1.29, 1.82) is 0 Å². The van der Waals surface area contributed by atoms with Crippen LogP contribution in [0.1, 0.15) is 42.0 Å². The number of nitrogens with one attached hydrogen (secondary N) is 1. The molecule has 0 heterocycles. The molecule has 3 aromatic rings. The van der Waals surface area contributed by atoms with Crippen LogP contribution in [0.25, 0.3) is 10.8 Å². The summed E-state index contributed by atoms with van der Waals surface area (Å²) in [6, 6.07) is 19.4. The van der Waals surface area contributed by atoms with Crippen LogP contribution in [0, 0.1) is 0 Å². The maximum absolute atomic E-state index is 6.17. The molecule has 0 unspecified atom stereocenters. The summed E-state index contributed by atoms with van der Waals surface area (Å²) in [5.41, 5.74) is 12.6. The van der Waals surface area contributed by atoms with Gasteiger partial charge in [0.2, 0.25) is 0 Å². The van der Waals surface area contributed by atoms with Gasteiger partial charge in [-0.2, -0.15) is 0 Å². The Kier molecular flexibility index (Phi) is 4.37. The van der Waals surface area contributed by atoms with Gasteiger partial charge < -0.3 is 11.1 Å². The van der Waals surface area contributed by atoms with E-state index in [1.807, 2.05) is 0 Å². The van der Waals surface area contributed by atoms with Crippen molar-refractivity contribution in [2.45, 2.75) is 39.2 Å². The second kappa shape index (κ2) is 6.83. The van der Waals surface area contributed by atoms with Crippen molar-refractivity contribution in [1.82, 2.24) is 0 Å². The highest BCUT2D eigenvalue weighted by atomic mass is 15.1. The molecule has 0 amide bonds. The Bertz CT molecular complexity index is 976. The van der Waals surface area contributed by atoms with Crippen LogP contribution >= 0.6 is 0 Å². The smallest absolute Gasteiger partial charge is 0.193 e. The molecule has 0 aromatic heterocycles. The lowest BCUT2D eigenvalue weighted by Gasteiger charge is -2.11. The fourth-order valence-electron chi connectivity index (χ4n) is 3.76. The number of rotatable bonds is 4. The van der Waals surface area contributed by atoms with Crippen LogP contribution in [0.3, 0.4) is 0 Å². The van der Waals surface area contributed by atoms with E-state index < -0.39 is 0 Å². The Morgan fingerprint density at radius 2 is 1.81 bits per heavy atom. The Labute approximate surface area is 155 Å². The van der Waals surface area contributed by atoms with Gasteiger partial charge >= 0.3 is 0 Å². The standard InChI is InChI=1S/C23H25N3/c1-15(2)19-7-3-5-16(13-19)14-25-23(24)26-21-12-11-18-10-9-17-6-4-8-20(21)22(17)18/h3-8,11-13,15H,9-10,14H2,1-2H3,(H3,24,25,26). The first-order valence-corrected chi connectivity index (χ1v) is 9.31. The number of hydrogen-bond donors (Lipinski definition) is 2. The minimum Gasteiger partial charge on any atom is -0.370 e. The van der Waals surface area contributed by atoms with Crippen molar-refractivity contribution in [3.05, 3.63) is 76.9 Å². The molecule has 3 aromatic carbocycles. The highest BCUT2D eigenvalue weighted by Gasteiger charge is 2.15. The zero-order valence-electron chi connectivity index (χ0n) is 15.4. The van der Waals surface area contributed by atoms with E-state index in [1.54, 1.807) is 0 Å². The molecule has 1 aliphatic rings. The quantitative estimate of drug-likeness (QED) is 0.518. The molecule has 132 valence electrons. The van der Waals surface area contributed by atoms with Crippen LogP contribution in [0.4, 0.5) is 5.69 Å². The van der Waals surface area contributed by atoms with Crippen LogP contribution in [-0.2, 0) is 19.4 Å². The minimum atomic E-state index is 0.457. The molecule has 0 bridgehead atoms. The second-order valence-corrected chi connectivity index (χ2v) is 7.34. The molecule has 0 spiro atoms. The van der Waals surface area contributed by atoms with Crippen LogP contribution in [0.2, 0.25) is 0 Å². The number of aliphatic imine (C=N–C) groups is 1. The molecule has 1 aliphatic carbocycles. The number of benzene rings is 3. The molecule has 0 fully saturated rings. The molecule has 4 rings (SSSR count). The summed E-state index contributed by atoms with van der Waals surface area (Å²) >= 11 is 0. The fraction of sp³-hybridized carbons (Fsp3) is 0.261. The van der Waals surface area contributed by atoms with Crippen LogP contribution in [-0.4, -0.2) is 5.96 Å². The summed E-state index contributed by atoms with van der Waals surface area (Å²) in [4.78, 5) is 4.54. The Morgan fingerprint density at radius 1 is 1.04 bits per heavy atom. The molecule has 3 N–H and O–H groups in total. The van der Waals surface area contributed by atoms with Crippen LogP contribution in [0.15, 0.2) is 59.6 Å². The maximum atomic E-state index is 6.17. The molecular weight excluding hydrogens is 318 g/mol. The molecule has 0 saturated heterocycles. The SMILES string of the molecule is CC(C)c1cccc(CN=C(N)Nc2ccc3c4c(cccc24)CC3)c1. The number of anilines is 1. The van der Waals surface area contributed by atoms with Gasteiger partial charge in [0, 0.05) is 11.1 Å². The minimum absolute atomic E-state index is 0.457. The summed E-state index contributed by atoms with van der Waals surface area (Å²) < 4.78 is 0. The largest absolute Gasteiger partial charge is 0.370 e. The van der Waals surface area contributed by atoms with E-state index in [1.165, 1.54) is 33.0 Å². The van der Waals surface area contributed by atoms with E-state index in [4.69, 9.17) is 5.73 Å². The zero-order chi connectivity index (χ0) is 18.1. The summed E-state index contributed by atoms with van der Waals surface area (Å²) in [6.07, 6.45) is 2.26. The van der Waals surface area contributed by atoms with E-state index in [2.05, 4.69) is 78.8 Å². The summed E-state index contributed by atoms with van der Waals surface area (Å²) in [5, 5.41) is 5.92. The Balaban J connectivity index is 1.55. The molecule has 0 radical (unpaired) electrons.